The van der Waals surface area contributed by atoms with Crippen LogP contribution in [0.1, 0.15) is 0 Å². The maximum absolute atomic E-state index is 10.7. The Labute approximate surface area is 89.5 Å². The minimum absolute atomic E-state index is 0.128. The molecule has 0 fully saturated rings. The highest BCUT2D eigenvalue weighted by atomic mass is 35.5. The Morgan fingerprint density at radius 1 is 1.71 bits per heavy atom. The largest absolute Gasteiger partial charge is 0.801 e. The van der Waals surface area contributed by atoms with Gasteiger partial charge in [0.15, 0.2) is 6.20 Å². The summed E-state index contributed by atoms with van der Waals surface area (Å²) in [6.45, 7) is -0.631. The van der Waals surface area contributed by atoms with Crippen molar-refractivity contribution in [3.05, 3.63) is 27.5 Å². The third-order valence-corrected chi connectivity index (χ3v) is 2.79. The Hall–Kier alpha value is -0.850. The van der Waals surface area contributed by atoms with Gasteiger partial charge in [-0.3, -0.25) is 10.1 Å². The molecule has 1 aromatic rings. The number of hydrogen-bond donors (Lipinski definition) is 0. The van der Waals surface area contributed by atoms with Crippen molar-refractivity contribution in [3.63, 3.8) is 0 Å². The summed E-state index contributed by atoms with van der Waals surface area (Å²) < 4.78 is 1.08. The lowest BCUT2D eigenvalue weighted by Crippen LogP contribution is -2.41. The van der Waals surface area contributed by atoms with Crippen LogP contribution < -0.4 is 9.67 Å². The minimum atomic E-state index is -0.631. The smallest absolute Gasteiger partial charge is 0.366 e. The van der Waals surface area contributed by atoms with Crippen LogP contribution in [0, 0.1) is 10.1 Å². The molecule has 0 aliphatic heterocycles. The lowest BCUT2D eigenvalue weighted by atomic mass is 10.4. The standard InChI is InChI=1S/C7H7ClN2O3S/c1-14-5-2-3-9(4-11)7(8)6(5)10(12)13/h2-3H,4H2,1H3. The van der Waals surface area contributed by atoms with E-state index in [4.69, 9.17) is 11.6 Å². The molecule has 0 aromatic carbocycles. The summed E-state index contributed by atoms with van der Waals surface area (Å²) >= 11 is 6.91. The van der Waals surface area contributed by atoms with E-state index in [1.807, 2.05) is 0 Å². The molecule has 0 amide bonds. The number of nitrogens with zero attached hydrogens (tertiary/aromatic N) is 2. The maximum Gasteiger partial charge on any atom is 0.366 e. The van der Waals surface area contributed by atoms with Gasteiger partial charge in [0, 0.05) is 6.07 Å². The van der Waals surface area contributed by atoms with Crippen LogP contribution in [0.15, 0.2) is 17.2 Å². The SMILES string of the molecule is CSc1cc[n+](C[O-])c(Cl)c1[N+](=O)[O-]. The van der Waals surface area contributed by atoms with Crippen LogP contribution in [-0.4, -0.2) is 11.2 Å². The van der Waals surface area contributed by atoms with E-state index in [-0.39, 0.29) is 10.8 Å². The Kier molecular flexibility index (Phi) is 3.68. The Morgan fingerprint density at radius 2 is 2.36 bits per heavy atom. The summed E-state index contributed by atoms with van der Waals surface area (Å²) in [5.74, 6) is 0. The number of halogens is 1. The lowest BCUT2D eigenvalue weighted by molar-refractivity contribution is -0.814. The molecule has 0 saturated heterocycles. The summed E-state index contributed by atoms with van der Waals surface area (Å²) in [5.41, 5.74) is -0.211. The number of rotatable bonds is 3. The van der Waals surface area contributed by atoms with Gasteiger partial charge in [0.1, 0.15) is 0 Å². The van der Waals surface area contributed by atoms with Crippen molar-refractivity contribution in [2.45, 2.75) is 11.6 Å². The van der Waals surface area contributed by atoms with Gasteiger partial charge in [0.2, 0.25) is 0 Å². The monoisotopic (exact) mass is 234 g/mol. The first-order chi connectivity index (χ1) is 6.61. The van der Waals surface area contributed by atoms with Crippen molar-refractivity contribution >= 4 is 29.1 Å². The van der Waals surface area contributed by atoms with Crippen LogP contribution in [0.4, 0.5) is 5.69 Å². The van der Waals surface area contributed by atoms with Gasteiger partial charge in [-0.05, 0) is 17.9 Å². The van der Waals surface area contributed by atoms with Crippen molar-refractivity contribution < 1.29 is 14.6 Å². The third-order valence-electron chi connectivity index (χ3n) is 1.63. The third kappa shape index (κ3) is 1.97. The second-order valence-electron chi connectivity index (χ2n) is 2.38. The van der Waals surface area contributed by atoms with E-state index in [2.05, 4.69) is 0 Å². The van der Waals surface area contributed by atoms with Crippen molar-refractivity contribution in [2.24, 2.45) is 0 Å². The second kappa shape index (κ2) is 4.59. The van der Waals surface area contributed by atoms with Crippen LogP contribution in [0.3, 0.4) is 0 Å². The van der Waals surface area contributed by atoms with Gasteiger partial charge >= 0.3 is 10.8 Å². The number of aromatic nitrogens is 1. The van der Waals surface area contributed by atoms with Gasteiger partial charge < -0.3 is 5.11 Å². The lowest BCUT2D eigenvalue weighted by Gasteiger charge is -2.03. The number of pyridine rings is 1. The molecule has 0 N–H and O–H groups in total. The first-order valence-electron chi connectivity index (χ1n) is 3.60. The molecule has 1 aromatic heterocycles. The highest BCUT2D eigenvalue weighted by molar-refractivity contribution is 7.98. The zero-order valence-corrected chi connectivity index (χ0v) is 8.84. The van der Waals surface area contributed by atoms with E-state index in [0.29, 0.717) is 4.90 Å². The fourth-order valence-corrected chi connectivity index (χ4v) is 1.86. The quantitative estimate of drug-likeness (QED) is 0.252. The number of thioether (sulfide) groups is 1. The molecular weight excluding hydrogens is 228 g/mol. The number of nitro groups is 1. The van der Waals surface area contributed by atoms with Crippen molar-refractivity contribution in [3.8, 4) is 0 Å². The molecule has 5 nitrogen and oxygen atoms in total. The van der Waals surface area contributed by atoms with E-state index in [1.54, 1.807) is 6.26 Å². The van der Waals surface area contributed by atoms with Gasteiger partial charge in [0.25, 0.3) is 0 Å². The second-order valence-corrected chi connectivity index (χ2v) is 3.59. The highest BCUT2D eigenvalue weighted by Gasteiger charge is 2.26. The normalized spacial score (nSPS) is 10.2. The van der Waals surface area contributed by atoms with E-state index in [0.717, 1.165) is 4.57 Å². The fourth-order valence-electron chi connectivity index (χ4n) is 0.969. The molecule has 0 radical (unpaired) electrons. The van der Waals surface area contributed by atoms with Crippen LogP contribution in [-0.2, 0) is 6.73 Å². The first kappa shape index (κ1) is 11.2. The summed E-state index contributed by atoms with van der Waals surface area (Å²) in [5, 5.41) is 21.1. The molecule has 1 heterocycles. The van der Waals surface area contributed by atoms with Crippen LogP contribution in [0.5, 0.6) is 0 Å². The molecular formula is C7H7ClN2O3S. The molecule has 0 bridgehead atoms. The zero-order valence-electron chi connectivity index (χ0n) is 7.27. The average Bonchev–Trinajstić information content (AvgIpc) is 2.16. The molecule has 7 heteroatoms. The molecule has 1 rings (SSSR count). The van der Waals surface area contributed by atoms with E-state index in [9.17, 15) is 15.2 Å². The maximum atomic E-state index is 10.7. The highest BCUT2D eigenvalue weighted by Crippen LogP contribution is 2.31. The van der Waals surface area contributed by atoms with Crippen LogP contribution in [0.2, 0.25) is 5.15 Å². The average molecular weight is 235 g/mol. The minimum Gasteiger partial charge on any atom is -0.801 e. The molecule has 0 aliphatic carbocycles. The summed E-state index contributed by atoms with van der Waals surface area (Å²) in [6.07, 6.45) is 3.15. The van der Waals surface area contributed by atoms with Gasteiger partial charge in [0.05, 0.1) is 16.5 Å². The fraction of sp³-hybridized carbons (Fsp3) is 0.286. The van der Waals surface area contributed by atoms with Crippen molar-refractivity contribution in [2.75, 3.05) is 6.26 Å². The van der Waals surface area contributed by atoms with Gasteiger partial charge in [-0.2, -0.15) is 4.57 Å². The molecule has 0 unspecified atom stereocenters. The number of hydrogen-bond acceptors (Lipinski definition) is 4. The molecule has 0 aliphatic rings. The Morgan fingerprint density at radius 3 is 2.79 bits per heavy atom. The molecule has 76 valence electrons. The molecule has 0 atom stereocenters. The van der Waals surface area contributed by atoms with Gasteiger partial charge in [-0.1, -0.05) is 0 Å². The van der Waals surface area contributed by atoms with Crippen molar-refractivity contribution in [1.82, 2.24) is 0 Å². The predicted molar refractivity (Wildman–Crippen MR) is 50.1 cm³/mol. The molecule has 14 heavy (non-hydrogen) atoms. The first-order valence-corrected chi connectivity index (χ1v) is 5.20. The molecule has 0 saturated carbocycles. The van der Waals surface area contributed by atoms with Crippen LogP contribution in [0.25, 0.3) is 0 Å². The van der Waals surface area contributed by atoms with Gasteiger partial charge in [-0.15, -0.1) is 11.8 Å². The van der Waals surface area contributed by atoms with Crippen molar-refractivity contribution in [1.29, 1.82) is 0 Å². The Balaban J connectivity index is 3.39. The van der Waals surface area contributed by atoms with E-state index >= 15 is 0 Å². The van der Waals surface area contributed by atoms with Crippen LogP contribution >= 0.6 is 23.4 Å². The van der Waals surface area contributed by atoms with E-state index < -0.39 is 11.7 Å². The predicted octanol–water partition coefficient (Wildman–Crippen LogP) is 0.575. The van der Waals surface area contributed by atoms with E-state index in [1.165, 1.54) is 24.0 Å². The summed E-state index contributed by atoms with van der Waals surface area (Å²) in [6, 6.07) is 1.51. The summed E-state index contributed by atoms with van der Waals surface area (Å²) in [4.78, 5) is 10.5. The zero-order chi connectivity index (χ0) is 10.7. The summed E-state index contributed by atoms with van der Waals surface area (Å²) in [7, 11) is 0. The van der Waals surface area contributed by atoms with Gasteiger partial charge in [-0.25, -0.2) is 0 Å². The topological polar surface area (TPSA) is 70.1 Å². The molecule has 0 spiro atoms. The Bertz CT molecular complexity index is 372.